The van der Waals surface area contributed by atoms with Gasteiger partial charge in [-0.25, -0.2) is 4.79 Å². The number of phenols is 1. The number of hydrogen-bond acceptors (Lipinski definition) is 4. The highest BCUT2D eigenvalue weighted by molar-refractivity contribution is 6.31. The van der Waals surface area contributed by atoms with Crippen molar-refractivity contribution in [1.29, 1.82) is 0 Å². The molecule has 7 heteroatoms. The van der Waals surface area contributed by atoms with Crippen LogP contribution in [0.25, 0.3) is 11.8 Å². The first kappa shape index (κ1) is 15.5. The van der Waals surface area contributed by atoms with Crippen molar-refractivity contribution in [1.82, 2.24) is 15.2 Å². The molecule has 0 spiro atoms. The molecule has 1 aromatic carbocycles. The Morgan fingerprint density at radius 3 is 2.29 bits per heavy atom. The molecule has 0 unspecified atom stereocenters. The number of phenolic OH excluding ortho intramolecular Hbond substituents is 1. The van der Waals surface area contributed by atoms with Gasteiger partial charge in [0.25, 0.3) is 11.8 Å². The third-order valence-corrected chi connectivity index (χ3v) is 3.84. The van der Waals surface area contributed by atoms with Gasteiger partial charge in [-0.1, -0.05) is 12.1 Å². The minimum Gasteiger partial charge on any atom is -0.506 e. The van der Waals surface area contributed by atoms with E-state index >= 15 is 0 Å². The third kappa shape index (κ3) is 2.56. The van der Waals surface area contributed by atoms with Crippen LogP contribution in [0.4, 0.5) is 4.79 Å². The van der Waals surface area contributed by atoms with E-state index in [2.05, 4.69) is 0 Å². The van der Waals surface area contributed by atoms with Crippen molar-refractivity contribution in [3.8, 4) is 11.4 Å². The van der Waals surface area contributed by atoms with Gasteiger partial charge in [-0.15, -0.1) is 0 Å². The maximum Gasteiger partial charge on any atom is 0.328 e. The molecular formula is C17H15N3O4. The predicted octanol–water partition coefficient (Wildman–Crippen LogP) is 1.55. The second-order valence-electron chi connectivity index (χ2n) is 5.45. The first-order valence-electron chi connectivity index (χ1n) is 7.24. The number of urea groups is 1. The lowest BCUT2D eigenvalue weighted by Gasteiger charge is -2.14. The Hall–Kier alpha value is -3.35. The van der Waals surface area contributed by atoms with E-state index in [0.717, 1.165) is 11.4 Å². The van der Waals surface area contributed by atoms with E-state index in [1.165, 1.54) is 6.08 Å². The number of imide groups is 2. The zero-order valence-electron chi connectivity index (χ0n) is 13.1. The Bertz CT molecular complexity index is 887. The number of carbonyl (C=O) groups is 3. The summed E-state index contributed by atoms with van der Waals surface area (Å²) in [5.74, 6) is -1.36. The fourth-order valence-corrected chi connectivity index (χ4v) is 2.72. The molecule has 1 aromatic heterocycles. The Kier molecular flexibility index (Phi) is 3.69. The summed E-state index contributed by atoms with van der Waals surface area (Å²) in [5.41, 5.74) is 2.68. The molecule has 1 saturated heterocycles. The minimum absolute atomic E-state index is 0.122. The highest BCUT2D eigenvalue weighted by atomic mass is 16.3. The van der Waals surface area contributed by atoms with Crippen molar-refractivity contribution in [3.05, 3.63) is 52.9 Å². The molecule has 0 bridgehead atoms. The van der Waals surface area contributed by atoms with Crippen LogP contribution in [0, 0.1) is 13.8 Å². The van der Waals surface area contributed by atoms with Crippen LogP contribution in [-0.4, -0.2) is 27.5 Å². The van der Waals surface area contributed by atoms with Gasteiger partial charge in [-0.3, -0.25) is 20.2 Å². The zero-order chi connectivity index (χ0) is 17.4. The number of barbiturate groups is 1. The third-order valence-electron chi connectivity index (χ3n) is 3.84. The van der Waals surface area contributed by atoms with Crippen molar-refractivity contribution < 1.29 is 19.5 Å². The number of aromatic nitrogens is 1. The highest BCUT2D eigenvalue weighted by Crippen LogP contribution is 2.28. The quantitative estimate of drug-likeness (QED) is 0.576. The van der Waals surface area contributed by atoms with Gasteiger partial charge in [0.1, 0.15) is 11.3 Å². The van der Waals surface area contributed by atoms with Crippen LogP contribution in [0.2, 0.25) is 0 Å². The molecule has 7 nitrogen and oxygen atoms in total. The molecule has 24 heavy (non-hydrogen) atoms. The number of para-hydroxylation sites is 2. The standard InChI is InChI=1S/C17H15N3O4/c1-9-7-11(8-12-15(22)18-17(24)19-16(12)23)10(2)20(9)13-5-3-4-6-14(13)21/h3-8,21H,1-2H3,(H2,18,19,22,23,24). The van der Waals surface area contributed by atoms with E-state index in [1.807, 2.05) is 29.0 Å². The van der Waals surface area contributed by atoms with Crippen molar-refractivity contribution in [2.75, 3.05) is 0 Å². The van der Waals surface area contributed by atoms with Crippen LogP contribution in [0.3, 0.4) is 0 Å². The average Bonchev–Trinajstić information content (AvgIpc) is 2.78. The fraction of sp³-hybridized carbons (Fsp3) is 0.118. The molecule has 0 radical (unpaired) electrons. The van der Waals surface area contributed by atoms with Crippen molar-refractivity contribution in [2.45, 2.75) is 13.8 Å². The molecule has 0 aliphatic carbocycles. The van der Waals surface area contributed by atoms with Gasteiger partial charge in [0.05, 0.1) is 5.69 Å². The van der Waals surface area contributed by atoms with Gasteiger partial charge < -0.3 is 9.67 Å². The molecule has 4 amide bonds. The number of benzene rings is 1. The molecule has 3 N–H and O–H groups in total. The predicted molar refractivity (Wildman–Crippen MR) is 86.6 cm³/mol. The second-order valence-corrected chi connectivity index (χ2v) is 5.45. The normalized spacial score (nSPS) is 14.4. The summed E-state index contributed by atoms with van der Waals surface area (Å²) in [5, 5.41) is 14.1. The number of aromatic hydroxyl groups is 1. The molecular weight excluding hydrogens is 310 g/mol. The smallest absolute Gasteiger partial charge is 0.328 e. The fourth-order valence-electron chi connectivity index (χ4n) is 2.72. The van der Waals surface area contributed by atoms with E-state index in [-0.39, 0.29) is 11.3 Å². The van der Waals surface area contributed by atoms with Crippen LogP contribution in [-0.2, 0) is 9.59 Å². The van der Waals surface area contributed by atoms with E-state index in [4.69, 9.17) is 0 Å². The molecule has 0 saturated carbocycles. The number of carbonyl (C=O) groups excluding carboxylic acids is 3. The monoisotopic (exact) mass is 325 g/mol. The first-order chi connectivity index (χ1) is 11.4. The second kappa shape index (κ2) is 5.69. The Labute approximate surface area is 137 Å². The summed E-state index contributed by atoms with van der Waals surface area (Å²) in [4.78, 5) is 34.8. The Balaban J connectivity index is 2.09. The number of rotatable bonds is 2. The summed E-state index contributed by atoms with van der Waals surface area (Å²) in [6.45, 7) is 3.67. The molecule has 2 aromatic rings. The lowest BCUT2D eigenvalue weighted by Crippen LogP contribution is -2.51. The summed E-state index contributed by atoms with van der Waals surface area (Å²) >= 11 is 0. The van der Waals surface area contributed by atoms with Crippen LogP contribution in [0.1, 0.15) is 17.0 Å². The molecule has 1 fully saturated rings. The SMILES string of the molecule is Cc1cc(C=C2C(=O)NC(=O)NC2=O)c(C)n1-c1ccccc1O. The topological polar surface area (TPSA) is 100 Å². The number of nitrogens with one attached hydrogen (secondary N) is 2. The Morgan fingerprint density at radius 2 is 1.67 bits per heavy atom. The minimum atomic E-state index is -0.832. The van der Waals surface area contributed by atoms with Gasteiger partial charge in [-0.05, 0) is 43.7 Å². The molecule has 1 aliphatic rings. The van der Waals surface area contributed by atoms with Gasteiger partial charge in [0.2, 0.25) is 0 Å². The molecule has 122 valence electrons. The maximum absolute atomic E-state index is 11.8. The van der Waals surface area contributed by atoms with Crippen molar-refractivity contribution >= 4 is 23.9 Å². The largest absolute Gasteiger partial charge is 0.506 e. The number of aryl methyl sites for hydroxylation is 1. The lowest BCUT2D eigenvalue weighted by atomic mass is 10.1. The molecule has 1 aliphatic heterocycles. The summed E-state index contributed by atoms with van der Waals surface area (Å²) in [6, 6.07) is 7.85. The van der Waals surface area contributed by atoms with E-state index in [9.17, 15) is 19.5 Å². The average molecular weight is 325 g/mol. The van der Waals surface area contributed by atoms with Crippen LogP contribution >= 0.6 is 0 Å². The summed E-state index contributed by atoms with van der Waals surface area (Å²) in [6.07, 6.45) is 1.43. The van der Waals surface area contributed by atoms with E-state index < -0.39 is 17.8 Å². The molecule has 0 atom stereocenters. The van der Waals surface area contributed by atoms with Crippen LogP contribution in [0.15, 0.2) is 35.9 Å². The van der Waals surface area contributed by atoms with E-state index in [1.54, 1.807) is 30.3 Å². The Morgan fingerprint density at radius 1 is 1.04 bits per heavy atom. The molecule has 2 heterocycles. The zero-order valence-corrected chi connectivity index (χ0v) is 13.1. The van der Waals surface area contributed by atoms with Gasteiger partial charge in [0.15, 0.2) is 0 Å². The first-order valence-corrected chi connectivity index (χ1v) is 7.24. The molecule has 3 rings (SSSR count). The van der Waals surface area contributed by atoms with Gasteiger partial charge in [0, 0.05) is 11.4 Å². The van der Waals surface area contributed by atoms with Gasteiger partial charge in [-0.2, -0.15) is 0 Å². The van der Waals surface area contributed by atoms with Gasteiger partial charge >= 0.3 is 6.03 Å². The van der Waals surface area contributed by atoms with Crippen molar-refractivity contribution in [3.63, 3.8) is 0 Å². The number of amides is 4. The highest BCUT2D eigenvalue weighted by Gasteiger charge is 2.28. The van der Waals surface area contributed by atoms with E-state index in [0.29, 0.717) is 11.3 Å². The van der Waals surface area contributed by atoms with Crippen molar-refractivity contribution in [2.24, 2.45) is 0 Å². The number of hydrogen-bond donors (Lipinski definition) is 3. The number of nitrogens with zero attached hydrogens (tertiary/aromatic N) is 1. The van der Waals surface area contributed by atoms with Crippen LogP contribution in [0.5, 0.6) is 5.75 Å². The van der Waals surface area contributed by atoms with Crippen LogP contribution < -0.4 is 10.6 Å². The maximum atomic E-state index is 11.8. The lowest BCUT2D eigenvalue weighted by molar-refractivity contribution is -0.123. The summed E-state index contributed by atoms with van der Waals surface area (Å²) in [7, 11) is 0. The summed E-state index contributed by atoms with van der Waals surface area (Å²) < 4.78 is 1.82.